The summed E-state index contributed by atoms with van der Waals surface area (Å²) in [5.74, 6) is 0.731. The van der Waals surface area contributed by atoms with Crippen LogP contribution in [-0.4, -0.2) is 72.1 Å². The average Bonchev–Trinajstić information content (AvgIpc) is 3.17. The first-order valence-electron chi connectivity index (χ1n) is 11.5. The lowest BCUT2D eigenvalue weighted by Crippen LogP contribution is -2.58. The summed E-state index contributed by atoms with van der Waals surface area (Å²) in [5.41, 5.74) is 0.740. The summed E-state index contributed by atoms with van der Waals surface area (Å²) in [7, 11) is 0. The summed E-state index contributed by atoms with van der Waals surface area (Å²) in [6.07, 6.45) is 5.31. The van der Waals surface area contributed by atoms with Crippen molar-refractivity contribution in [1.29, 1.82) is 0 Å². The Kier molecular flexibility index (Phi) is 6.74. The summed E-state index contributed by atoms with van der Waals surface area (Å²) in [6.45, 7) is 7.20. The van der Waals surface area contributed by atoms with Gasteiger partial charge in [0.2, 0.25) is 5.91 Å². The molecule has 2 bridgehead atoms. The summed E-state index contributed by atoms with van der Waals surface area (Å²) in [6, 6.07) is 9.94. The van der Waals surface area contributed by atoms with Crippen molar-refractivity contribution in [2.75, 3.05) is 26.2 Å². The van der Waals surface area contributed by atoms with E-state index < -0.39 is 6.10 Å². The highest BCUT2D eigenvalue weighted by atomic mass is 16.5. The first-order valence-corrected chi connectivity index (χ1v) is 11.5. The van der Waals surface area contributed by atoms with Gasteiger partial charge in [-0.05, 0) is 44.2 Å². The number of hydrogen-bond donors (Lipinski definition) is 1. The molecule has 1 aliphatic carbocycles. The molecule has 3 fully saturated rings. The predicted octanol–water partition coefficient (Wildman–Crippen LogP) is 2.69. The third-order valence-corrected chi connectivity index (χ3v) is 7.01. The van der Waals surface area contributed by atoms with Crippen molar-refractivity contribution in [3.05, 3.63) is 35.9 Å². The SMILES string of the molecule is C[C@@H]1CCC[C@H](O[C@H](C)C(=O)NC[C@@H]2CN(C(=O)c3ccccc3)[C@H]3CCN2C3)C1. The van der Waals surface area contributed by atoms with E-state index >= 15 is 0 Å². The van der Waals surface area contributed by atoms with Crippen molar-refractivity contribution >= 4 is 11.8 Å². The number of fused-ring (bicyclic) bond motifs is 2. The van der Waals surface area contributed by atoms with Gasteiger partial charge in [0.05, 0.1) is 6.10 Å². The number of nitrogens with one attached hydrogen (secondary N) is 1. The molecule has 6 nitrogen and oxygen atoms in total. The van der Waals surface area contributed by atoms with Crippen LogP contribution in [0.3, 0.4) is 0 Å². The highest BCUT2D eigenvalue weighted by Gasteiger charge is 2.41. The fourth-order valence-corrected chi connectivity index (χ4v) is 5.25. The third kappa shape index (κ3) is 4.86. The van der Waals surface area contributed by atoms with Crippen molar-refractivity contribution in [2.45, 2.75) is 70.2 Å². The topological polar surface area (TPSA) is 61.9 Å². The van der Waals surface area contributed by atoms with E-state index in [0.717, 1.165) is 37.9 Å². The van der Waals surface area contributed by atoms with E-state index in [2.05, 4.69) is 17.1 Å². The number of carbonyl (C=O) groups excluding carboxylic acids is 2. The Morgan fingerprint density at radius 1 is 1.17 bits per heavy atom. The molecule has 1 saturated carbocycles. The zero-order chi connectivity index (χ0) is 21.1. The van der Waals surface area contributed by atoms with Gasteiger partial charge in [0.1, 0.15) is 6.10 Å². The molecular formula is C24H35N3O3. The summed E-state index contributed by atoms with van der Waals surface area (Å²) in [4.78, 5) is 30.1. The van der Waals surface area contributed by atoms with E-state index in [1.807, 2.05) is 42.2 Å². The fourth-order valence-electron chi connectivity index (χ4n) is 5.25. The van der Waals surface area contributed by atoms with E-state index in [-0.39, 0.29) is 30.0 Å². The largest absolute Gasteiger partial charge is 0.365 e. The molecule has 2 aliphatic heterocycles. The maximum absolute atomic E-state index is 13.0. The lowest BCUT2D eigenvalue weighted by molar-refractivity contribution is -0.137. The summed E-state index contributed by atoms with van der Waals surface area (Å²) >= 11 is 0. The molecule has 30 heavy (non-hydrogen) atoms. The van der Waals surface area contributed by atoms with Gasteiger partial charge in [0.15, 0.2) is 0 Å². The molecule has 3 aliphatic rings. The Hall–Kier alpha value is -1.92. The van der Waals surface area contributed by atoms with Crippen molar-refractivity contribution in [3.8, 4) is 0 Å². The van der Waals surface area contributed by atoms with Crippen LogP contribution < -0.4 is 5.32 Å². The second-order valence-electron chi connectivity index (χ2n) is 9.33. The molecule has 1 aromatic carbocycles. The second-order valence-corrected chi connectivity index (χ2v) is 9.33. The monoisotopic (exact) mass is 413 g/mol. The molecule has 0 aromatic heterocycles. The summed E-state index contributed by atoms with van der Waals surface area (Å²) in [5, 5.41) is 3.09. The molecule has 164 valence electrons. The molecular weight excluding hydrogens is 378 g/mol. The van der Waals surface area contributed by atoms with Crippen LogP contribution in [0.5, 0.6) is 0 Å². The number of hydrogen-bond acceptors (Lipinski definition) is 4. The zero-order valence-electron chi connectivity index (χ0n) is 18.3. The predicted molar refractivity (Wildman–Crippen MR) is 116 cm³/mol. The first kappa shape index (κ1) is 21.3. The quantitative estimate of drug-likeness (QED) is 0.779. The lowest BCUT2D eigenvalue weighted by atomic mass is 9.88. The number of benzene rings is 1. The normalized spacial score (nSPS) is 31.9. The molecule has 2 saturated heterocycles. The van der Waals surface area contributed by atoms with E-state index in [9.17, 15) is 9.59 Å². The van der Waals surface area contributed by atoms with E-state index in [4.69, 9.17) is 4.74 Å². The Bertz CT molecular complexity index is 740. The van der Waals surface area contributed by atoms with Gasteiger partial charge in [-0.3, -0.25) is 14.5 Å². The molecule has 1 unspecified atom stereocenters. The summed E-state index contributed by atoms with van der Waals surface area (Å²) < 4.78 is 6.05. The van der Waals surface area contributed by atoms with Crippen molar-refractivity contribution in [2.24, 2.45) is 5.92 Å². The Labute approximate surface area is 179 Å². The fraction of sp³-hybridized carbons (Fsp3) is 0.667. The standard InChI is InChI=1S/C24H35N3O3/c1-17-7-6-10-22(13-17)30-18(2)23(28)25-14-21-16-27(20-11-12-26(21)15-20)24(29)19-8-4-3-5-9-19/h3-5,8-9,17-18,20-22H,6-7,10-16H2,1-2H3,(H,25,28)/t17-,18-,20+,21-,22+/m1/s1. The van der Waals surface area contributed by atoms with Crippen LogP contribution >= 0.6 is 0 Å². The van der Waals surface area contributed by atoms with Gasteiger partial charge in [0, 0.05) is 43.8 Å². The Balaban J connectivity index is 1.30. The highest BCUT2D eigenvalue weighted by molar-refractivity contribution is 5.94. The van der Waals surface area contributed by atoms with E-state index in [1.54, 1.807) is 0 Å². The van der Waals surface area contributed by atoms with Crippen LogP contribution in [-0.2, 0) is 9.53 Å². The van der Waals surface area contributed by atoms with Crippen LogP contribution in [0.15, 0.2) is 30.3 Å². The lowest BCUT2D eigenvalue weighted by Gasteiger charge is -2.40. The molecule has 0 radical (unpaired) electrons. The van der Waals surface area contributed by atoms with Crippen LogP contribution in [0.25, 0.3) is 0 Å². The molecule has 6 heteroatoms. The maximum Gasteiger partial charge on any atom is 0.254 e. The second kappa shape index (κ2) is 9.48. The van der Waals surface area contributed by atoms with Gasteiger partial charge in [-0.15, -0.1) is 0 Å². The van der Waals surface area contributed by atoms with Gasteiger partial charge >= 0.3 is 0 Å². The number of rotatable bonds is 6. The van der Waals surface area contributed by atoms with Gasteiger partial charge in [-0.2, -0.15) is 0 Å². The highest BCUT2D eigenvalue weighted by Crippen LogP contribution is 2.27. The smallest absolute Gasteiger partial charge is 0.254 e. The Morgan fingerprint density at radius 2 is 1.97 bits per heavy atom. The number of amides is 2. The maximum atomic E-state index is 13.0. The van der Waals surface area contributed by atoms with Crippen molar-refractivity contribution in [3.63, 3.8) is 0 Å². The Morgan fingerprint density at radius 3 is 2.73 bits per heavy atom. The number of piperazine rings is 1. The molecule has 4 rings (SSSR count). The average molecular weight is 414 g/mol. The third-order valence-electron chi connectivity index (χ3n) is 7.01. The van der Waals surface area contributed by atoms with Crippen LogP contribution in [0.2, 0.25) is 0 Å². The molecule has 0 spiro atoms. The van der Waals surface area contributed by atoms with Gasteiger partial charge in [-0.1, -0.05) is 38.0 Å². The van der Waals surface area contributed by atoms with Crippen LogP contribution in [0.4, 0.5) is 0 Å². The molecule has 6 atom stereocenters. The van der Waals surface area contributed by atoms with Gasteiger partial charge in [0.25, 0.3) is 5.91 Å². The number of carbonyl (C=O) groups is 2. The van der Waals surface area contributed by atoms with Crippen molar-refractivity contribution in [1.82, 2.24) is 15.1 Å². The minimum atomic E-state index is -0.433. The molecule has 1 N–H and O–H groups in total. The molecule has 2 heterocycles. The van der Waals surface area contributed by atoms with E-state index in [0.29, 0.717) is 19.0 Å². The molecule has 1 aromatic rings. The minimum Gasteiger partial charge on any atom is -0.365 e. The van der Waals surface area contributed by atoms with Gasteiger partial charge in [-0.25, -0.2) is 0 Å². The van der Waals surface area contributed by atoms with E-state index in [1.165, 1.54) is 12.8 Å². The van der Waals surface area contributed by atoms with Crippen LogP contribution in [0, 0.1) is 5.92 Å². The number of nitrogens with zero attached hydrogens (tertiary/aromatic N) is 2. The molecule has 2 amide bonds. The number of ether oxygens (including phenoxy) is 1. The minimum absolute atomic E-state index is 0.0458. The van der Waals surface area contributed by atoms with Crippen LogP contribution in [0.1, 0.15) is 56.3 Å². The zero-order valence-corrected chi connectivity index (χ0v) is 18.3. The van der Waals surface area contributed by atoms with Gasteiger partial charge < -0.3 is 15.0 Å². The van der Waals surface area contributed by atoms with Crippen molar-refractivity contribution < 1.29 is 14.3 Å². The first-order chi connectivity index (χ1) is 14.5.